The Morgan fingerprint density at radius 3 is 0.836 bits per heavy atom. The minimum atomic E-state index is -4.56. The van der Waals surface area contributed by atoms with Crippen LogP contribution in [0.25, 0.3) is 0 Å². The van der Waals surface area contributed by atoms with Gasteiger partial charge in [0.15, 0.2) is 0 Å². The van der Waals surface area contributed by atoms with E-state index < -0.39 is 67.8 Å². The number of hydrogen-bond donors (Lipinski definition) is 0. The monoisotopic (exact) mass is 1010 g/mol. The summed E-state index contributed by atoms with van der Waals surface area (Å²) in [5.74, 6) is -3.00. The summed E-state index contributed by atoms with van der Waals surface area (Å²) in [7, 11) is -9.11. The molecule has 2 aromatic carbocycles. The van der Waals surface area contributed by atoms with Crippen LogP contribution in [0, 0.1) is 0 Å². The van der Waals surface area contributed by atoms with E-state index in [0.29, 0.717) is 0 Å². The minimum Gasteiger partial charge on any atom is -0.748 e. The van der Waals surface area contributed by atoms with Crippen molar-refractivity contribution in [3.05, 3.63) is 70.8 Å². The van der Waals surface area contributed by atoms with E-state index in [-0.39, 0.29) is 73.2 Å². The van der Waals surface area contributed by atoms with Crippen molar-refractivity contribution in [2.24, 2.45) is 0 Å². The average molecular weight is 1010 g/mol. The largest absolute Gasteiger partial charge is 2.00 e. The number of carbonyl (C=O) groups excluding carboxylic acids is 4. The topological polar surface area (TPSA) is 220 Å². The molecule has 0 aromatic heterocycles. The zero-order valence-corrected chi connectivity index (χ0v) is 44.7. The van der Waals surface area contributed by atoms with Crippen LogP contribution in [-0.2, 0) is 39.2 Å². The fraction of sp³-hybridized carbons (Fsp3) is 0.680. The van der Waals surface area contributed by atoms with Crippen molar-refractivity contribution in [2.45, 2.75) is 192 Å². The van der Waals surface area contributed by atoms with E-state index in [4.69, 9.17) is 18.9 Å². The minimum absolute atomic E-state index is 0. The third-order valence-electron chi connectivity index (χ3n) is 11.1. The molecule has 0 bridgehead atoms. The molecule has 17 heteroatoms. The molecule has 0 saturated heterocycles. The van der Waals surface area contributed by atoms with Gasteiger partial charge in [0.2, 0.25) is 0 Å². The quantitative estimate of drug-likeness (QED) is 0.0204. The van der Waals surface area contributed by atoms with Gasteiger partial charge in [-0.05, 0) is 51.0 Å². The van der Waals surface area contributed by atoms with E-state index in [1.165, 1.54) is 140 Å². The molecule has 0 radical (unpaired) electrons. The number of benzene rings is 2. The molecule has 0 aliphatic carbocycles. The molecular weight excluding hydrogens is 929 g/mol. The van der Waals surface area contributed by atoms with E-state index in [1.807, 2.05) is 0 Å². The zero-order chi connectivity index (χ0) is 49.1. The number of ether oxygens (including phenoxy) is 4. The van der Waals surface area contributed by atoms with Crippen LogP contribution in [0.1, 0.15) is 223 Å². The third kappa shape index (κ3) is 31.3. The fourth-order valence-corrected chi connectivity index (χ4v) is 7.23. The van der Waals surface area contributed by atoms with Crippen molar-refractivity contribution in [3.63, 3.8) is 0 Å². The summed E-state index contributed by atoms with van der Waals surface area (Å²) in [4.78, 5) is 49.3. The van der Waals surface area contributed by atoms with E-state index in [1.54, 1.807) is 24.3 Å². The molecule has 0 heterocycles. The molecule has 0 N–H and O–H groups in total. The van der Waals surface area contributed by atoms with Crippen molar-refractivity contribution in [3.8, 4) is 0 Å². The van der Waals surface area contributed by atoms with Gasteiger partial charge < -0.3 is 28.1 Å². The van der Waals surface area contributed by atoms with Crippen LogP contribution in [0.2, 0.25) is 0 Å². The Morgan fingerprint density at radius 1 is 0.403 bits per heavy atom. The Hall–Kier alpha value is -2.60. The van der Waals surface area contributed by atoms with Gasteiger partial charge in [-0.15, -0.1) is 0 Å². The molecule has 2 unspecified atom stereocenters. The normalized spacial score (nSPS) is 12.1. The first kappa shape index (κ1) is 64.4. The number of esters is 4. The van der Waals surface area contributed by atoms with E-state index in [0.717, 1.165) is 52.4 Å². The van der Waals surface area contributed by atoms with Crippen LogP contribution in [0.4, 0.5) is 0 Å². The second-order valence-corrected chi connectivity index (χ2v) is 20.5. The first-order chi connectivity index (χ1) is 31.5. The van der Waals surface area contributed by atoms with Crippen LogP contribution in [0.15, 0.2) is 48.5 Å². The van der Waals surface area contributed by atoms with Gasteiger partial charge in [-0.25, -0.2) is 36.0 Å². The van der Waals surface area contributed by atoms with Crippen molar-refractivity contribution in [1.29, 1.82) is 0 Å². The average Bonchev–Trinajstić information content (AvgIpc) is 3.29. The Morgan fingerprint density at radius 2 is 0.612 bits per heavy atom. The number of unbranched alkanes of at least 4 members (excludes halogenated alkanes) is 22. The van der Waals surface area contributed by atoms with E-state index >= 15 is 0 Å². The van der Waals surface area contributed by atoms with Gasteiger partial charge in [0.1, 0.15) is 33.5 Å². The zero-order valence-electron chi connectivity index (χ0n) is 40.8. The maximum atomic E-state index is 12.4. The maximum Gasteiger partial charge on any atom is 2.00 e. The molecule has 0 saturated carbocycles. The molecule has 0 amide bonds. The van der Waals surface area contributed by atoms with Crippen molar-refractivity contribution >= 4 is 81.9 Å². The second kappa shape index (κ2) is 39.2. The molecule has 67 heavy (non-hydrogen) atoms. The van der Waals surface area contributed by atoms with Gasteiger partial charge in [0, 0.05) is 0 Å². The van der Waals surface area contributed by atoms with Gasteiger partial charge in [0.05, 0.1) is 46.0 Å². The molecule has 14 nitrogen and oxygen atoms in total. The SMILES string of the molecule is CCCCCCCCCCCCCCOC(=O)c1ccccc1C(=O)OCC(C)S(=O)(=O)[O-].CCCCCCCCCCCCCCOC(=O)c1ccccc1C(=O)OCC(C)S(=O)(=O)[O-].[Ca+2]. The van der Waals surface area contributed by atoms with Gasteiger partial charge in [-0.2, -0.15) is 0 Å². The Bertz CT molecular complexity index is 1750. The molecule has 2 aromatic rings. The summed E-state index contributed by atoms with van der Waals surface area (Å²) in [5.41, 5.74) is 0.0681. The van der Waals surface area contributed by atoms with Crippen molar-refractivity contribution in [1.82, 2.24) is 0 Å². The number of rotatable bonds is 36. The van der Waals surface area contributed by atoms with Crippen LogP contribution < -0.4 is 0 Å². The standard InChI is InChI=1S/2C25H40O7S.Ca/c2*1-3-4-5-6-7-8-9-10-11-12-13-16-19-31-24(26)22-17-14-15-18-23(22)25(27)32-20-21(2)33(28,29)30;/h2*14-15,17-18,21H,3-13,16,19-20H2,1-2H3,(H,28,29,30);/q;;+2/p-2. The molecule has 0 spiro atoms. The Balaban J connectivity index is 0.00000128. The molecule has 0 aliphatic heterocycles. The van der Waals surface area contributed by atoms with Crippen molar-refractivity contribution in [2.75, 3.05) is 26.4 Å². The Labute approximate surface area is 432 Å². The summed E-state index contributed by atoms with van der Waals surface area (Å²) < 4.78 is 86.0. The molecule has 2 atom stereocenters. The van der Waals surface area contributed by atoms with E-state index in [2.05, 4.69) is 13.8 Å². The number of hydrogen-bond acceptors (Lipinski definition) is 14. The molecular formula is C50H78CaO14S2. The smallest absolute Gasteiger partial charge is 0.748 e. The van der Waals surface area contributed by atoms with Crippen LogP contribution in [0.3, 0.4) is 0 Å². The van der Waals surface area contributed by atoms with Crippen LogP contribution >= 0.6 is 0 Å². The van der Waals surface area contributed by atoms with Gasteiger partial charge in [-0.3, -0.25) is 0 Å². The van der Waals surface area contributed by atoms with E-state index in [9.17, 15) is 45.1 Å². The van der Waals surface area contributed by atoms with Crippen LogP contribution in [-0.4, -0.2) is 124 Å². The molecule has 2 rings (SSSR count). The third-order valence-corrected chi connectivity index (χ3v) is 13.3. The first-order valence-corrected chi connectivity index (χ1v) is 27.2. The summed E-state index contributed by atoms with van der Waals surface area (Å²) in [5, 5.41) is -2.74. The fourth-order valence-electron chi connectivity index (χ4n) is 6.76. The summed E-state index contributed by atoms with van der Waals surface area (Å²) in [6, 6.07) is 12.0. The summed E-state index contributed by atoms with van der Waals surface area (Å²) >= 11 is 0. The first-order valence-electron chi connectivity index (χ1n) is 24.3. The molecule has 0 aliphatic rings. The second-order valence-electron chi connectivity index (χ2n) is 16.9. The number of carbonyl (C=O) groups is 4. The van der Waals surface area contributed by atoms with Crippen molar-refractivity contribution < 1.29 is 64.1 Å². The Kier molecular flexibility index (Phi) is 37.6. The van der Waals surface area contributed by atoms with Gasteiger partial charge in [0.25, 0.3) is 0 Å². The van der Waals surface area contributed by atoms with Crippen LogP contribution in [0.5, 0.6) is 0 Å². The summed E-state index contributed by atoms with van der Waals surface area (Å²) in [6.07, 6.45) is 29.1. The molecule has 0 fully saturated rings. The molecule has 376 valence electrons. The summed E-state index contributed by atoms with van der Waals surface area (Å²) in [6.45, 7) is 6.16. The predicted molar refractivity (Wildman–Crippen MR) is 260 cm³/mol. The maximum absolute atomic E-state index is 12.4. The predicted octanol–water partition coefficient (Wildman–Crippen LogP) is 10.9. The van der Waals surface area contributed by atoms with Gasteiger partial charge >= 0.3 is 61.6 Å². The van der Waals surface area contributed by atoms with Gasteiger partial charge in [-0.1, -0.05) is 179 Å².